The lowest BCUT2D eigenvalue weighted by Gasteiger charge is -2.15. The van der Waals surface area contributed by atoms with Crippen molar-refractivity contribution in [3.63, 3.8) is 0 Å². The Morgan fingerprint density at radius 3 is 2.41 bits per heavy atom. The first-order valence-corrected chi connectivity index (χ1v) is 9.74. The van der Waals surface area contributed by atoms with Crippen LogP contribution in [0.3, 0.4) is 0 Å². The van der Waals surface area contributed by atoms with Gasteiger partial charge in [0.15, 0.2) is 0 Å². The molecule has 0 spiro atoms. The van der Waals surface area contributed by atoms with Gasteiger partial charge in [0.1, 0.15) is 11.6 Å². The van der Waals surface area contributed by atoms with Gasteiger partial charge in [0.2, 0.25) is 17.8 Å². The molecule has 0 N–H and O–H groups in total. The minimum absolute atomic E-state index is 0.0387. The summed E-state index contributed by atoms with van der Waals surface area (Å²) in [6, 6.07) is 19.7. The molecular weight excluding hydrogens is 436 g/mol. The predicted molar refractivity (Wildman–Crippen MR) is 111 cm³/mol. The van der Waals surface area contributed by atoms with Gasteiger partial charge in [-0.1, -0.05) is 57.5 Å². The van der Waals surface area contributed by atoms with Crippen LogP contribution in [0.5, 0.6) is 0 Å². The first kappa shape index (κ1) is 17.8. The van der Waals surface area contributed by atoms with E-state index in [1.165, 1.54) is 0 Å². The SMILES string of the molecule is O=C(C1=NO[C@H]2C(=O)N(c3ccc(Br)cc3)C(=O)[C@H]12)c1ccc2ccccc2c1. The highest BCUT2D eigenvalue weighted by Gasteiger charge is 2.57. The smallest absolute Gasteiger partial charge is 0.278 e. The number of halogens is 1. The Labute approximate surface area is 173 Å². The number of hydrogen-bond donors (Lipinski definition) is 0. The van der Waals surface area contributed by atoms with Gasteiger partial charge in [-0.3, -0.25) is 14.4 Å². The van der Waals surface area contributed by atoms with Crippen LogP contribution in [0.4, 0.5) is 5.69 Å². The second-order valence-electron chi connectivity index (χ2n) is 6.86. The molecular formula is C22H13BrN2O4. The number of imide groups is 1. The average Bonchev–Trinajstić information content (AvgIpc) is 3.28. The van der Waals surface area contributed by atoms with Crippen LogP contribution in [-0.2, 0) is 14.4 Å². The number of fused-ring (bicyclic) bond motifs is 2. The van der Waals surface area contributed by atoms with Crippen molar-refractivity contribution in [1.82, 2.24) is 0 Å². The summed E-state index contributed by atoms with van der Waals surface area (Å²) in [6.07, 6.45) is -1.11. The van der Waals surface area contributed by atoms with Crippen LogP contribution in [0.15, 0.2) is 76.4 Å². The molecule has 142 valence electrons. The van der Waals surface area contributed by atoms with E-state index in [4.69, 9.17) is 4.84 Å². The van der Waals surface area contributed by atoms with Gasteiger partial charge < -0.3 is 4.84 Å². The van der Waals surface area contributed by atoms with Gasteiger partial charge in [-0.05, 0) is 41.1 Å². The van der Waals surface area contributed by atoms with Crippen molar-refractivity contribution >= 4 is 55.7 Å². The van der Waals surface area contributed by atoms with E-state index in [0.717, 1.165) is 20.1 Å². The highest BCUT2D eigenvalue weighted by atomic mass is 79.9. The molecule has 3 aromatic rings. The Kier molecular flexibility index (Phi) is 4.06. The number of carbonyl (C=O) groups is 3. The maximum absolute atomic E-state index is 13.1. The molecule has 2 heterocycles. The maximum atomic E-state index is 13.1. The quantitative estimate of drug-likeness (QED) is 0.451. The van der Waals surface area contributed by atoms with E-state index in [0.29, 0.717) is 11.3 Å². The number of amides is 2. The Morgan fingerprint density at radius 2 is 1.66 bits per heavy atom. The molecule has 0 saturated carbocycles. The summed E-state index contributed by atoms with van der Waals surface area (Å²) in [6.45, 7) is 0. The van der Waals surface area contributed by atoms with Gasteiger partial charge in [-0.25, -0.2) is 4.90 Å². The number of hydrogen-bond acceptors (Lipinski definition) is 5. The molecule has 1 fully saturated rings. The molecule has 0 aromatic heterocycles. The molecule has 6 nitrogen and oxygen atoms in total. The van der Waals surface area contributed by atoms with E-state index < -0.39 is 29.6 Å². The number of Topliss-reactive ketones (excluding diaryl/α,β-unsaturated/α-hetero) is 1. The minimum Gasteiger partial charge on any atom is -0.381 e. The van der Waals surface area contributed by atoms with Crippen LogP contribution in [0, 0.1) is 5.92 Å². The normalized spacial score (nSPS) is 20.6. The highest BCUT2D eigenvalue weighted by molar-refractivity contribution is 9.10. The van der Waals surface area contributed by atoms with E-state index in [1.807, 2.05) is 30.3 Å². The third-order valence-electron chi connectivity index (χ3n) is 5.14. The molecule has 2 aliphatic rings. The largest absolute Gasteiger partial charge is 0.381 e. The molecule has 7 heteroatoms. The van der Waals surface area contributed by atoms with Gasteiger partial charge >= 0.3 is 0 Å². The Morgan fingerprint density at radius 1 is 0.931 bits per heavy atom. The van der Waals surface area contributed by atoms with Gasteiger partial charge in [0.05, 0.1) is 5.69 Å². The zero-order valence-electron chi connectivity index (χ0n) is 14.9. The number of rotatable bonds is 3. The van der Waals surface area contributed by atoms with Crippen LogP contribution in [0.25, 0.3) is 10.8 Å². The summed E-state index contributed by atoms with van der Waals surface area (Å²) in [5.41, 5.74) is 0.788. The lowest BCUT2D eigenvalue weighted by molar-refractivity contribution is -0.126. The lowest BCUT2D eigenvalue weighted by atomic mass is 9.92. The molecule has 2 aliphatic heterocycles. The second-order valence-corrected chi connectivity index (χ2v) is 7.78. The molecule has 2 atom stereocenters. The maximum Gasteiger partial charge on any atom is 0.278 e. The summed E-state index contributed by atoms with van der Waals surface area (Å²) in [5, 5.41) is 5.71. The van der Waals surface area contributed by atoms with Crippen LogP contribution >= 0.6 is 15.9 Å². The van der Waals surface area contributed by atoms with E-state index in [-0.39, 0.29) is 5.71 Å². The monoisotopic (exact) mass is 448 g/mol. The molecule has 0 bridgehead atoms. The number of carbonyl (C=O) groups excluding carboxylic acids is 3. The van der Waals surface area contributed by atoms with Crippen molar-refractivity contribution in [3.8, 4) is 0 Å². The predicted octanol–water partition coefficient (Wildman–Crippen LogP) is 3.73. The van der Waals surface area contributed by atoms with Crippen molar-refractivity contribution in [2.75, 3.05) is 4.90 Å². The number of nitrogens with zero attached hydrogens (tertiary/aromatic N) is 2. The third kappa shape index (κ3) is 2.77. The minimum atomic E-state index is -1.11. The number of benzene rings is 3. The summed E-state index contributed by atoms with van der Waals surface area (Å²) < 4.78 is 0.825. The van der Waals surface area contributed by atoms with E-state index in [9.17, 15) is 14.4 Å². The molecule has 2 amide bonds. The van der Waals surface area contributed by atoms with Gasteiger partial charge in [-0.15, -0.1) is 0 Å². The fourth-order valence-electron chi connectivity index (χ4n) is 3.69. The number of oxime groups is 1. The number of anilines is 1. The van der Waals surface area contributed by atoms with Gasteiger partial charge in [0, 0.05) is 10.0 Å². The highest BCUT2D eigenvalue weighted by Crippen LogP contribution is 2.34. The standard InChI is InChI=1S/C22H13BrN2O4/c23-15-7-9-16(10-8-15)25-21(27)17-18(24-29-20(17)22(25)28)19(26)14-6-5-12-3-1-2-4-13(12)11-14/h1-11,17,20H/t17-,20-/m1/s1. The van der Waals surface area contributed by atoms with Crippen molar-refractivity contribution in [1.29, 1.82) is 0 Å². The van der Waals surface area contributed by atoms with Crippen LogP contribution in [-0.4, -0.2) is 29.4 Å². The van der Waals surface area contributed by atoms with E-state index in [2.05, 4.69) is 21.1 Å². The second kappa shape index (κ2) is 6.63. The Bertz CT molecular complexity index is 1220. The zero-order chi connectivity index (χ0) is 20.1. The molecule has 0 aliphatic carbocycles. The van der Waals surface area contributed by atoms with Crippen LogP contribution in [0.2, 0.25) is 0 Å². The van der Waals surface area contributed by atoms with Crippen molar-refractivity contribution < 1.29 is 19.2 Å². The molecule has 29 heavy (non-hydrogen) atoms. The Hall–Kier alpha value is -3.32. The first-order chi connectivity index (χ1) is 14.0. The molecule has 0 unspecified atom stereocenters. The summed E-state index contributed by atoms with van der Waals surface area (Å²) in [5.74, 6) is -2.48. The van der Waals surface area contributed by atoms with Crippen molar-refractivity contribution in [2.45, 2.75) is 6.10 Å². The first-order valence-electron chi connectivity index (χ1n) is 8.95. The fourth-order valence-corrected chi connectivity index (χ4v) is 3.95. The van der Waals surface area contributed by atoms with Crippen molar-refractivity contribution in [2.24, 2.45) is 11.1 Å². The molecule has 3 aromatic carbocycles. The molecule has 1 saturated heterocycles. The third-order valence-corrected chi connectivity index (χ3v) is 5.67. The van der Waals surface area contributed by atoms with Crippen molar-refractivity contribution in [3.05, 3.63) is 76.8 Å². The summed E-state index contributed by atoms with van der Waals surface area (Å²) in [7, 11) is 0. The fraction of sp³-hybridized carbons (Fsp3) is 0.0909. The summed E-state index contributed by atoms with van der Waals surface area (Å²) >= 11 is 3.33. The lowest BCUT2D eigenvalue weighted by Crippen LogP contribution is -2.34. The van der Waals surface area contributed by atoms with Crippen LogP contribution in [0.1, 0.15) is 10.4 Å². The summed E-state index contributed by atoms with van der Waals surface area (Å²) in [4.78, 5) is 45.1. The van der Waals surface area contributed by atoms with Gasteiger partial charge in [0.25, 0.3) is 5.91 Å². The van der Waals surface area contributed by atoms with Gasteiger partial charge in [-0.2, -0.15) is 0 Å². The van der Waals surface area contributed by atoms with Crippen LogP contribution < -0.4 is 4.90 Å². The van der Waals surface area contributed by atoms with E-state index in [1.54, 1.807) is 36.4 Å². The molecule has 5 rings (SSSR count). The number of ketones is 1. The van der Waals surface area contributed by atoms with E-state index >= 15 is 0 Å². The Balaban J connectivity index is 1.48. The molecule has 0 radical (unpaired) electrons. The topological polar surface area (TPSA) is 76.0 Å². The zero-order valence-corrected chi connectivity index (χ0v) is 16.5. The average molecular weight is 449 g/mol.